The Morgan fingerprint density at radius 2 is 1.56 bits per heavy atom. The van der Waals surface area contributed by atoms with Crippen LogP contribution < -0.4 is 15.5 Å². The predicted molar refractivity (Wildman–Crippen MR) is 146 cm³/mol. The molecule has 4 aliphatic heterocycles. The number of urea groups is 1. The van der Waals surface area contributed by atoms with Crippen molar-refractivity contribution in [2.24, 2.45) is 0 Å². The summed E-state index contributed by atoms with van der Waals surface area (Å²) in [5.74, 6) is -2.15. The molecule has 1 unspecified atom stereocenters. The van der Waals surface area contributed by atoms with E-state index < -0.39 is 41.4 Å². The first-order valence-corrected chi connectivity index (χ1v) is 14.1. The lowest BCUT2D eigenvalue weighted by Crippen LogP contribution is -2.56. The van der Waals surface area contributed by atoms with Crippen LogP contribution in [0, 0.1) is 0 Å². The molecule has 1 atom stereocenters. The summed E-state index contributed by atoms with van der Waals surface area (Å²) in [6.45, 7) is 8.31. The van der Waals surface area contributed by atoms with Crippen LogP contribution in [0.4, 0.5) is 15.3 Å². The standard InChI is InChI=1S/C28H36N6O7/c1-28(2,3)41-26(39)29-17-9-11-32(12-10-17)27(40)33-15-13-31(14-16-33)19-6-4-5-18-22(19)25(38)34(24(18)37)20-7-8-21(35)30-23(20)36/h4-6,17,20H,7-16H2,1-3H3,(H,29,39)(H,30,35,36). The molecule has 5 rings (SSSR count). The molecule has 1 aromatic carbocycles. The number of nitrogens with one attached hydrogen (secondary N) is 2. The Bertz CT molecular complexity index is 1270. The Labute approximate surface area is 238 Å². The van der Waals surface area contributed by atoms with Gasteiger partial charge in [0.15, 0.2) is 0 Å². The number of rotatable bonds is 3. The highest BCUT2D eigenvalue weighted by Crippen LogP contribution is 2.34. The van der Waals surface area contributed by atoms with Gasteiger partial charge in [-0.25, -0.2) is 9.59 Å². The van der Waals surface area contributed by atoms with Gasteiger partial charge in [-0.15, -0.1) is 0 Å². The second-order valence-corrected chi connectivity index (χ2v) is 11.8. The van der Waals surface area contributed by atoms with Gasteiger partial charge in [-0.1, -0.05) is 6.07 Å². The summed E-state index contributed by atoms with van der Waals surface area (Å²) in [5.41, 5.74) is 0.509. The molecule has 3 saturated heterocycles. The number of hydrogen-bond acceptors (Lipinski definition) is 8. The van der Waals surface area contributed by atoms with E-state index in [-0.39, 0.29) is 36.0 Å². The number of ether oxygens (including phenoxy) is 1. The Morgan fingerprint density at radius 1 is 0.902 bits per heavy atom. The van der Waals surface area contributed by atoms with Crippen LogP contribution in [-0.4, -0.2) is 107 Å². The zero-order chi connectivity index (χ0) is 29.5. The number of imide groups is 2. The van der Waals surface area contributed by atoms with Gasteiger partial charge >= 0.3 is 12.1 Å². The second-order valence-electron chi connectivity index (χ2n) is 11.8. The van der Waals surface area contributed by atoms with Crippen molar-refractivity contribution in [3.63, 3.8) is 0 Å². The van der Waals surface area contributed by atoms with Crippen LogP contribution in [0.25, 0.3) is 0 Å². The van der Waals surface area contributed by atoms with Crippen molar-refractivity contribution in [3.05, 3.63) is 29.3 Å². The lowest BCUT2D eigenvalue weighted by Gasteiger charge is -2.40. The number of piperazine rings is 1. The summed E-state index contributed by atoms with van der Waals surface area (Å²) in [7, 11) is 0. The van der Waals surface area contributed by atoms with Crippen LogP contribution in [0.1, 0.15) is 67.2 Å². The van der Waals surface area contributed by atoms with E-state index >= 15 is 0 Å². The molecule has 7 amide bonds. The van der Waals surface area contributed by atoms with Crippen LogP contribution in [0.2, 0.25) is 0 Å². The molecular weight excluding hydrogens is 532 g/mol. The normalized spacial score (nSPS) is 22.1. The van der Waals surface area contributed by atoms with Gasteiger partial charge in [-0.3, -0.25) is 29.4 Å². The number of amides is 7. The second kappa shape index (κ2) is 11.0. The Balaban J connectivity index is 1.17. The molecule has 220 valence electrons. The minimum absolute atomic E-state index is 0.0501. The van der Waals surface area contributed by atoms with E-state index in [1.807, 2.05) is 25.7 Å². The molecule has 13 nitrogen and oxygen atoms in total. The summed E-state index contributed by atoms with van der Waals surface area (Å²) in [4.78, 5) is 82.4. The molecule has 0 saturated carbocycles. The summed E-state index contributed by atoms with van der Waals surface area (Å²) in [6, 6.07) is 3.93. The van der Waals surface area contributed by atoms with E-state index in [1.54, 1.807) is 28.0 Å². The third kappa shape index (κ3) is 5.84. The van der Waals surface area contributed by atoms with E-state index in [1.165, 1.54) is 0 Å². The van der Waals surface area contributed by atoms with Crippen molar-refractivity contribution < 1.29 is 33.5 Å². The van der Waals surface area contributed by atoms with Crippen molar-refractivity contribution in [3.8, 4) is 0 Å². The molecule has 0 aromatic heterocycles. The summed E-state index contributed by atoms with van der Waals surface area (Å²) in [6.07, 6.45) is 0.985. The van der Waals surface area contributed by atoms with Gasteiger partial charge in [-0.2, -0.15) is 0 Å². The maximum absolute atomic E-state index is 13.4. The highest BCUT2D eigenvalue weighted by Gasteiger charge is 2.46. The molecular formula is C28H36N6O7. The van der Waals surface area contributed by atoms with Gasteiger partial charge in [0.25, 0.3) is 11.8 Å². The van der Waals surface area contributed by atoms with Crippen LogP contribution in [0.5, 0.6) is 0 Å². The third-order valence-corrected chi connectivity index (χ3v) is 7.82. The third-order valence-electron chi connectivity index (χ3n) is 7.82. The molecule has 0 spiro atoms. The Hall–Kier alpha value is -4.16. The predicted octanol–water partition coefficient (Wildman–Crippen LogP) is 1.32. The van der Waals surface area contributed by atoms with Crippen LogP contribution >= 0.6 is 0 Å². The molecule has 0 radical (unpaired) electrons. The van der Waals surface area contributed by atoms with E-state index in [4.69, 9.17) is 4.74 Å². The van der Waals surface area contributed by atoms with Crippen LogP contribution in [0.15, 0.2) is 18.2 Å². The lowest BCUT2D eigenvalue weighted by molar-refractivity contribution is -0.136. The number of piperidine rings is 2. The van der Waals surface area contributed by atoms with E-state index in [2.05, 4.69) is 10.6 Å². The summed E-state index contributed by atoms with van der Waals surface area (Å²) >= 11 is 0. The highest BCUT2D eigenvalue weighted by atomic mass is 16.6. The Kier molecular flexibility index (Phi) is 7.62. The topological polar surface area (TPSA) is 149 Å². The fourth-order valence-corrected chi connectivity index (χ4v) is 5.79. The molecule has 3 fully saturated rings. The molecule has 0 aliphatic carbocycles. The van der Waals surface area contributed by atoms with E-state index in [9.17, 15) is 28.8 Å². The lowest BCUT2D eigenvalue weighted by atomic mass is 10.0. The number of fused-ring (bicyclic) bond motifs is 1. The average Bonchev–Trinajstić information content (AvgIpc) is 3.17. The molecule has 4 aliphatic rings. The number of anilines is 1. The molecule has 0 bridgehead atoms. The van der Waals surface area contributed by atoms with Gasteiger partial charge in [-0.05, 0) is 52.2 Å². The minimum Gasteiger partial charge on any atom is -0.444 e. The number of nitrogens with zero attached hydrogens (tertiary/aromatic N) is 4. The van der Waals surface area contributed by atoms with E-state index in [0.29, 0.717) is 57.8 Å². The van der Waals surface area contributed by atoms with Crippen molar-refractivity contribution in [2.75, 3.05) is 44.2 Å². The zero-order valence-electron chi connectivity index (χ0n) is 23.6. The monoisotopic (exact) mass is 568 g/mol. The molecule has 13 heteroatoms. The first-order valence-electron chi connectivity index (χ1n) is 14.1. The molecule has 4 heterocycles. The van der Waals surface area contributed by atoms with Gasteiger partial charge in [0.1, 0.15) is 11.6 Å². The largest absolute Gasteiger partial charge is 0.444 e. The van der Waals surface area contributed by atoms with Crippen LogP contribution in [0.3, 0.4) is 0 Å². The first-order chi connectivity index (χ1) is 19.4. The molecule has 1 aromatic rings. The first kappa shape index (κ1) is 28.4. The van der Waals surface area contributed by atoms with Crippen LogP contribution in [-0.2, 0) is 14.3 Å². The van der Waals surface area contributed by atoms with Gasteiger partial charge in [0, 0.05) is 51.7 Å². The number of carbonyl (C=O) groups excluding carboxylic acids is 6. The minimum atomic E-state index is -1.02. The number of hydrogen-bond donors (Lipinski definition) is 2. The maximum Gasteiger partial charge on any atom is 0.407 e. The van der Waals surface area contributed by atoms with Crippen molar-refractivity contribution in [1.29, 1.82) is 0 Å². The highest BCUT2D eigenvalue weighted by molar-refractivity contribution is 6.25. The van der Waals surface area contributed by atoms with Gasteiger partial charge in [0.05, 0.1) is 16.8 Å². The number of benzene rings is 1. The fraction of sp³-hybridized carbons (Fsp3) is 0.571. The van der Waals surface area contributed by atoms with Crippen molar-refractivity contribution in [2.45, 2.75) is 64.1 Å². The number of alkyl carbamates (subject to hydrolysis) is 1. The summed E-state index contributed by atoms with van der Waals surface area (Å²) in [5, 5.41) is 5.10. The van der Waals surface area contributed by atoms with E-state index in [0.717, 1.165) is 4.90 Å². The van der Waals surface area contributed by atoms with Crippen molar-refractivity contribution in [1.82, 2.24) is 25.3 Å². The quantitative estimate of drug-likeness (QED) is 0.519. The average molecular weight is 569 g/mol. The molecule has 2 N–H and O–H groups in total. The molecule has 41 heavy (non-hydrogen) atoms. The zero-order valence-corrected chi connectivity index (χ0v) is 23.6. The van der Waals surface area contributed by atoms with Gasteiger partial charge < -0.3 is 24.8 Å². The maximum atomic E-state index is 13.4. The number of likely N-dealkylation sites (tertiary alicyclic amines) is 1. The summed E-state index contributed by atoms with van der Waals surface area (Å²) < 4.78 is 5.33. The van der Waals surface area contributed by atoms with Gasteiger partial charge in [0.2, 0.25) is 11.8 Å². The number of carbonyl (C=O) groups is 6. The fourth-order valence-electron chi connectivity index (χ4n) is 5.79. The SMILES string of the molecule is CC(C)(C)OC(=O)NC1CCN(C(=O)N2CCN(c3cccc4c3C(=O)N(C3CCC(=O)NC3=O)C4=O)CC2)CC1. The Morgan fingerprint density at radius 3 is 2.20 bits per heavy atom. The smallest absolute Gasteiger partial charge is 0.407 e. The van der Waals surface area contributed by atoms with Crippen molar-refractivity contribution >= 4 is 41.4 Å².